The van der Waals surface area contributed by atoms with E-state index in [2.05, 4.69) is 4.98 Å². The van der Waals surface area contributed by atoms with Gasteiger partial charge in [-0.05, 0) is 0 Å². The number of hydrogen-bond acceptors (Lipinski definition) is 3. The van der Waals surface area contributed by atoms with Crippen molar-refractivity contribution in [3.63, 3.8) is 0 Å². The Kier molecular flexibility index (Phi) is 2.53. The molecule has 8 heteroatoms. The molecule has 4 nitrogen and oxygen atoms in total. The molecule has 0 unspecified atom stereocenters. The van der Waals surface area contributed by atoms with Gasteiger partial charge in [-0.15, -0.1) is 11.3 Å². The van der Waals surface area contributed by atoms with Gasteiger partial charge < -0.3 is 10.0 Å². The number of carbonyl (C=O) groups is 1. The van der Waals surface area contributed by atoms with E-state index in [-0.39, 0.29) is 18.8 Å². The lowest BCUT2D eigenvalue weighted by atomic mass is 10.2. The van der Waals surface area contributed by atoms with Crippen LogP contribution in [0.25, 0.3) is 0 Å². The zero-order valence-corrected chi connectivity index (χ0v) is 8.73. The molecule has 1 amide bonds. The number of rotatable bonds is 0. The first kappa shape index (κ1) is 11.2. The lowest BCUT2D eigenvalue weighted by Gasteiger charge is -2.22. The second-order valence-electron chi connectivity index (χ2n) is 3.34. The Morgan fingerprint density at radius 3 is 2.75 bits per heavy atom. The molecule has 16 heavy (non-hydrogen) atoms. The highest BCUT2D eigenvalue weighted by atomic mass is 32.1. The quantitative estimate of drug-likeness (QED) is 0.770. The number of fused-ring (bicyclic) bond motifs is 1. The topological polar surface area (TPSA) is 53.4 Å². The normalized spacial score (nSPS) is 16.1. The molecule has 2 heterocycles. The lowest BCUT2D eigenvalue weighted by Crippen LogP contribution is -2.34. The highest BCUT2D eigenvalue weighted by Crippen LogP contribution is 2.35. The number of nitrogens with zero attached hydrogens (tertiary/aromatic N) is 2. The third kappa shape index (κ3) is 1.97. The lowest BCUT2D eigenvalue weighted by molar-refractivity contribution is -0.137. The molecular formula is C8H7F3N2O2S. The first-order valence-corrected chi connectivity index (χ1v) is 5.23. The number of alkyl halides is 3. The third-order valence-electron chi connectivity index (χ3n) is 2.24. The maximum atomic E-state index is 12.3. The Hall–Kier alpha value is -1.31. The first-order valence-electron chi connectivity index (χ1n) is 4.41. The van der Waals surface area contributed by atoms with Crippen LogP contribution in [0.4, 0.5) is 18.0 Å². The number of hydrogen-bond donors (Lipinski definition) is 1. The van der Waals surface area contributed by atoms with Crippen LogP contribution in [-0.2, 0) is 19.1 Å². The Morgan fingerprint density at radius 2 is 2.19 bits per heavy atom. The summed E-state index contributed by atoms with van der Waals surface area (Å²) in [5, 5.41) is 7.81. The third-order valence-corrected chi connectivity index (χ3v) is 3.44. The zero-order valence-electron chi connectivity index (χ0n) is 7.91. The smallest absolute Gasteiger partial charge is 0.443 e. The minimum atomic E-state index is -4.45. The SMILES string of the molecule is O=C(O)N1CCc2sc(C(F)(F)F)nc2C1. The van der Waals surface area contributed by atoms with Gasteiger partial charge in [0.2, 0.25) is 0 Å². The van der Waals surface area contributed by atoms with Crippen molar-refractivity contribution in [2.45, 2.75) is 19.1 Å². The number of amides is 1. The summed E-state index contributed by atoms with van der Waals surface area (Å²) in [5.41, 5.74) is 0.228. The van der Waals surface area contributed by atoms with Crippen LogP contribution >= 0.6 is 11.3 Å². The Bertz CT molecular complexity index is 429. The van der Waals surface area contributed by atoms with E-state index in [9.17, 15) is 18.0 Å². The Morgan fingerprint density at radius 1 is 1.50 bits per heavy atom. The van der Waals surface area contributed by atoms with Crippen LogP contribution in [0.2, 0.25) is 0 Å². The predicted molar refractivity (Wildman–Crippen MR) is 49.3 cm³/mol. The second-order valence-corrected chi connectivity index (χ2v) is 4.42. The van der Waals surface area contributed by atoms with Crippen LogP contribution < -0.4 is 0 Å². The van der Waals surface area contributed by atoms with E-state index in [0.29, 0.717) is 22.6 Å². The first-order chi connectivity index (χ1) is 7.38. The molecule has 1 aromatic heterocycles. The summed E-state index contributed by atoms with van der Waals surface area (Å²) in [6, 6.07) is 0. The zero-order chi connectivity index (χ0) is 11.9. The Balaban J connectivity index is 2.27. The van der Waals surface area contributed by atoms with Gasteiger partial charge in [0.25, 0.3) is 0 Å². The van der Waals surface area contributed by atoms with Crippen molar-refractivity contribution in [2.24, 2.45) is 0 Å². The number of carboxylic acid groups (broad SMARTS) is 1. The summed E-state index contributed by atoms with van der Waals surface area (Å²) in [5.74, 6) is 0. The predicted octanol–water partition coefficient (Wildman–Crippen LogP) is 2.20. The Labute approximate surface area is 92.3 Å². The summed E-state index contributed by atoms with van der Waals surface area (Å²) in [6.45, 7) is 0.166. The molecule has 0 saturated heterocycles. The summed E-state index contributed by atoms with van der Waals surface area (Å²) >= 11 is 0.600. The van der Waals surface area contributed by atoms with Crippen LogP contribution in [0, 0.1) is 0 Å². The number of thiazole rings is 1. The fourth-order valence-corrected chi connectivity index (χ4v) is 2.41. The molecule has 0 bridgehead atoms. The van der Waals surface area contributed by atoms with Crippen molar-refractivity contribution in [3.05, 3.63) is 15.6 Å². The fourth-order valence-electron chi connectivity index (χ4n) is 1.48. The maximum absolute atomic E-state index is 12.3. The molecule has 1 aliphatic rings. The van der Waals surface area contributed by atoms with Crippen LogP contribution in [0.1, 0.15) is 15.6 Å². The van der Waals surface area contributed by atoms with Gasteiger partial charge in [-0.1, -0.05) is 0 Å². The van der Waals surface area contributed by atoms with Crippen LogP contribution in [-0.4, -0.2) is 27.6 Å². The van der Waals surface area contributed by atoms with Gasteiger partial charge >= 0.3 is 12.3 Å². The summed E-state index contributed by atoms with van der Waals surface area (Å²) < 4.78 is 37.0. The van der Waals surface area contributed by atoms with Gasteiger partial charge in [-0.25, -0.2) is 9.78 Å². The molecule has 0 radical (unpaired) electrons. The van der Waals surface area contributed by atoms with E-state index in [1.807, 2.05) is 0 Å². The van der Waals surface area contributed by atoms with Crippen molar-refractivity contribution in [3.8, 4) is 0 Å². The van der Waals surface area contributed by atoms with Crippen molar-refractivity contribution in [1.82, 2.24) is 9.88 Å². The van der Waals surface area contributed by atoms with Gasteiger partial charge in [0.1, 0.15) is 0 Å². The van der Waals surface area contributed by atoms with Gasteiger partial charge in [0.15, 0.2) is 5.01 Å². The van der Waals surface area contributed by atoms with E-state index in [0.717, 1.165) is 4.90 Å². The monoisotopic (exact) mass is 252 g/mol. The van der Waals surface area contributed by atoms with Crippen LogP contribution in [0.3, 0.4) is 0 Å². The molecule has 88 valence electrons. The molecule has 1 aliphatic heterocycles. The average Bonchev–Trinajstić information content (AvgIpc) is 2.58. The average molecular weight is 252 g/mol. The van der Waals surface area contributed by atoms with E-state index < -0.39 is 17.3 Å². The van der Waals surface area contributed by atoms with E-state index >= 15 is 0 Å². The summed E-state index contributed by atoms with van der Waals surface area (Å²) in [6.07, 6.45) is -5.28. The van der Waals surface area contributed by atoms with E-state index in [4.69, 9.17) is 5.11 Å². The van der Waals surface area contributed by atoms with E-state index in [1.165, 1.54) is 0 Å². The fraction of sp³-hybridized carbons (Fsp3) is 0.500. The van der Waals surface area contributed by atoms with Gasteiger partial charge in [-0.3, -0.25) is 0 Å². The number of halogens is 3. The van der Waals surface area contributed by atoms with Crippen molar-refractivity contribution in [2.75, 3.05) is 6.54 Å². The molecule has 2 rings (SSSR count). The minimum Gasteiger partial charge on any atom is -0.465 e. The van der Waals surface area contributed by atoms with Crippen molar-refractivity contribution >= 4 is 17.4 Å². The van der Waals surface area contributed by atoms with Gasteiger partial charge in [-0.2, -0.15) is 13.2 Å². The molecule has 0 fully saturated rings. The van der Waals surface area contributed by atoms with Crippen molar-refractivity contribution < 1.29 is 23.1 Å². The maximum Gasteiger partial charge on any atom is 0.443 e. The largest absolute Gasteiger partial charge is 0.465 e. The number of aromatic nitrogens is 1. The molecule has 0 spiro atoms. The van der Waals surface area contributed by atoms with Crippen molar-refractivity contribution in [1.29, 1.82) is 0 Å². The molecule has 1 N–H and O–H groups in total. The highest BCUT2D eigenvalue weighted by Gasteiger charge is 2.37. The second kappa shape index (κ2) is 3.62. The standard InChI is InChI=1S/C8H7F3N2O2S/c9-8(10,11)6-12-4-3-13(7(14)15)2-1-5(4)16-6/h1-3H2,(H,14,15). The molecule has 0 aromatic carbocycles. The molecular weight excluding hydrogens is 245 g/mol. The minimum absolute atomic E-state index is 0.0583. The summed E-state index contributed by atoms with van der Waals surface area (Å²) in [4.78, 5) is 15.7. The molecule has 0 saturated carbocycles. The molecule has 1 aromatic rings. The molecule has 0 atom stereocenters. The highest BCUT2D eigenvalue weighted by molar-refractivity contribution is 7.11. The van der Waals surface area contributed by atoms with Gasteiger partial charge in [0.05, 0.1) is 12.2 Å². The van der Waals surface area contributed by atoms with Gasteiger partial charge in [0, 0.05) is 17.8 Å². The van der Waals surface area contributed by atoms with Crippen LogP contribution in [0.15, 0.2) is 0 Å². The van der Waals surface area contributed by atoms with Crippen LogP contribution in [0.5, 0.6) is 0 Å². The van der Waals surface area contributed by atoms with E-state index in [1.54, 1.807) is 0 Å². The molecule has 0 aliphatic carbocycles. The summed E-state index contributed by atoms with van der Waals surface area (Å²) in [7, 11) is 0.